The van der Waals surface area contributed by atoms with E-state index in [9.17, 15) is 0 Å². The second-order valence-electron chi connectivity index (χ2n) is 6.90. The molecule has 0 heterocycles. The van der Waals surface area contributed by atoms with E-state index in [0.717, 1.165) is 18.9 Å². The van der Waals surface area contributed by atoms with E-state index in [4.69, 9.17) is 5.73 Å². The van der Waals surface area contributed by atoms with Crippen LogP contribution in [-0.4, -0.2) is 6.54 Å². The number of nitrogens with two attached hydrogens (primary N) is 1. The van der Waals surface area contributed by atoms with E-state index in [1.807, 2.05) is 0 Å². The Kier molecular flexibility index (Phi) is 5.04. The van der Waals surface area contributed by atoms with Crippen LogP contribution in [0.1, 0.15) is 69.4 Å². The van der Waals surface area contributed by atoms with Crippen molar-refractivity contribution in [2.75, 3.05) is 6.54 Å². The third-order valence-corrected chi connectivity index (χ3v) is 4.60. The van der Waals surface area contributed by atoms with E-state index < -0.39 is 0 Å². The van der Waals surface area contributed by atoms with Crippen molar-refractivity contribution in [2.45, 2.75) is 64.7 Å². The minimum atomic E-state index is 0.521. The number of unbranched alkanes of at least 4 members (excludes halogenated alkanes) is 1. The number of hydrogen-bond acceptors (Lipinski definition) is 1. The lowest BCUT2D eigenvalue weighted by molar-refractivity contribution is 0.219. The summed E-state index contributed by atoms with van der Waals surface area (Å²) in [7, 11) is 0. The van der Waals surface area contributed by atoms with Crippen molar-refractivity contribution in [2.24, 2.45) is 11.1 Å². The van der Waals surface area contributed by atoms with E-state index in [1.165, 1.54) is 38.5 Å². The van der Waals surface area contributed by atoms with Crippen LogP contribution >= 0.6 is 0 Å². The number of rotatable bonds is 5. The van der Waals surface area contributed by atoms with Gasteiger partial charge in [-0.1, -0.05) is 44.5 Å². The van der Waals surface area contributed by atoms with E-state index in [2.05, 4.69) is 38.1 Å². The van der Waals surface area contributed by atoms with Gasteiger partial charge >= 0.3 is 0 Å². The molecule has 0 aromatic heterocycles. The summed E-state index contributed by atoms with van der Waals surface area (Å²) in [6.07, 6.45) is 9.06. The Labute approximate surface area is 118 Å². The smallest absolute Gasteiger partial charge is 0.00772 e. The number of aryl methyl sites for hydroxylation is 1. The molecule has 1 aromatic rings. The molecule has 1 heteroatoms. The maximum absolute atomic E-state index is 5.61. The van der Waals surface area contributed by atoms with Crippen LogP contribution < -0.4 is 5.73 Å². The molecule has 2 rings (SSSR count). The molecule has 0 aliphatic heterocycles. The van der Waals surface area contributed by atoms with Gasteiger partial charge in [-0.25, -0.2) is 0 Å². The van der Waals surface area contributed by atoms with Crippen molar-refractivity contribution >= 4 is 0 Å². The van der Waals surface area contributed by atoms with Gasteiger partial charge in [0.25, 0.3) is 0 Å². The van der Waals surface area contributed by atoms with Gasteiger partial charge < -0.3 is 5.73 Å². The van der Waals surface area contributed by atoms with Crippen LogP contribution in [0.15, 0.2) is 24.3 Å². The van der Waals surface area contributed by atoms with Gasteiger partial charge in [0.1, 0.15) is 0 Å². The number of benzene rings is 1. The number of hydrogen-bond donors (Lipinski definition) is 1. The van der Waals surface area contributed by atoms with E-state index in [0.29, 0.717) is 5.41 Å². The monoisotopic (exact) mass is 259 g/mol. The molecule has 0 saturated heterocycles. The molecule has 1 atom stereocenters. The van der Waals surface area contributed by atoms with Crippen molar-refractivity contribution in [1.29, 1.82) is 0 Å². The van der Waals surface area contributed by atoms with Crippen LogP contribution in [0.25, 0.3) is 0 Å². The summed E-state index contributed by atoms with van der Waals surface area (Å²) in [4.78, 5) is 0. The summed E-state index contributed by atoms with van der Waals surface area (Å²) >= 11 is 0. The van der Waals surface area contributed by atoms with Crippen molar-refractivity contribution in [3.8, 4) is 0 Å². The minimum Gasteiger partial charge on any atom is -0.330 e. The van der Waals surface area contributed by atoms with Crippen LogP contribution in [0.2, 0.25) is 0 Å². The van der Waals surface area contributed by atoms with Crippen molar-refractivity contribution in [1.82, 2.24) is 0 Å². The van der Waals surface area contributed by atoms with Gasteiger partial charge in [0.05, 0.1) is 0 Å². The Morgan fingerprint density at radius 3 is 2.74 bits per heavy atom. The van der Waals surface area contributed by atoms with Crippen molar-refractivity contribution in [3.63, 3.8) is 0 Å². The van der Waals surface area contributed by atoms with Gasteiger partial charge in [-0.05, 0) is 67.5 Å². The summed E-state index contributed by atoms with van der Waals surface area (Å²) in [6.45, 7) is 5.67. The van der Waals surface area contributed by atoms with E-state index in [1.54, 1.807) is 11.1 Å². The quantitative estimate of drug-likeness (QED) is 0.765. The summed E-state index contributed by atoms with van der Waals surface area (Å²) in [5, 5.41) is 0. The highest BCUT2D eigenvalue weighted by Crippen LogP contribution is 2.44. The molecule has 1 aliphatic carbocycles. The first-order valence-electron chi connectivity index (χ1n) is 7.90. The van der Waals surface area contributed by atoms with Gasteiger partial charge in [0.2, 0.25) is 0 Å². The Hall–Kier alpha value is -0.820. The third-order valence-electron chi connectivity index (χ3n) is 4.60. The molecule has 0 spiro atoms. The fourth-order valence-corrected chi connectivity index (χ4v) is 3.58. The molecular weight excluding hydrogens is 230 g/mol. The van der Waals surface area contributed by atoms with Crippen LogP contribution in [-0.2, 0) is 6.42 Å². The molecule has 19 heavy (non-hydrogen) atoms. The lowest BCUT2D eigenvalue weighted by Crippen LogP contribution is -2.22. The highest BCUT2D eigenvalue weighted by molar-refractivity contribution is 5.31. The predicted octanol–water partition coefficient (Wildman–Crippen LogP) is 4.65. The van der Waals surface area contributed by atoms with Crippen LogP contribution in [0, 0.1) is 5.41 Å². The second-order valence-corrected chi connectivity index (χ2v) is 6.90. The summed E-state index contributed by atoms with van der Waals surface area (Å²) < 4.78 is 0. The van der Waals surface area contributed by atoms with E-state index >= 15 is 0 Å². The topological polar surface area (TPSA) is 26.0 Å². The van der Waals surface area contributed by atoms with Gasteiger partial charge in [-0.15, -0.1) is 0 Å². The summed E-state index contributed by atoms with van der Waals surface area (Å²) in [5.74, 6) is 0.776. The molecule has 1 fully saturated rings. The van der Waals surface area contributed by atoms with Crippen molar-refractivity contribution in [3.05, 3.63) is 35.4 Å². The first-order valence-corrected chi connectivity index (χ1v) is 7.90. The fourth-order valence-electron chi connectivity index (χ4n) is 3.58. The fraction of sp³-hybridized carbons (Fsp3) is 0.667. The standard InChI is InChI=1S/C18H29N/c1-18(2)12-7-10-16(14-18)17-11-4-3-8-15(17)9-5-6-13-19/h3-4,8,11,16H,5-7,9-10,12-14,19H2,1-2H3. The molecule has 1 nitrogen and oxygen atoms in total. The highest BCUT2D eigenvalue weighted by atomic mass is 14.5. The average molecular weight is 259 g/mol. The lowest BCUT2D eigenvalue weighted by atomic mass is 9.69. The minimum absolute atomic E-state index is 0.521. The summed E-state index contributed by atoms with van der Waals surface area (Å²) in [6, 6.07) is 9.09. The molecular formula is C18H29N. The second kappa shape index (κ2) is 6.56. The Morgan fingerprint density at radius 2 is 2.00 bits per heavy atom. The zero-order valence-corrected chi connectivity index (χ0v) is 12.6. The zero-order valence-electron chi connectivity index (χ0n) is 12.6. The van der Waals surface area contributed by atoms with Crippen LogP contribution in [0.4, 0.5) is 0 Å². The van der Waals surface area contributed by atoms with Crippen LogP contribution in [0.5, 0.6) is 0 Å². The highest BCUT2D eigenvalue weighted by Gasteiger charge is 2.29. The van der Waals surface area contributed by atoms with Crippen molar-refractivity contribution < 1.29 is 0 Å². The lowest BCUT2D eigenvalue weighted by Gasteiger charge is -2.36. The maximum atomic E-state index is 5.61. The molecule has 1 saturated carbocycles. The molecule has 2 N–H and O–H groups in total. The van der Waals surface area contributed by atoms with Gasteiger partial charge in [0.15, 0.2) is 0 Å². The van der Waals surface area contributed by atoms with E-state index in [-0.39, 0.29) is 0 Å². The SMILES string of the molecule is CC1(C)CCCC(c2ccccc2CCCCN)C1. The maximum Gasteiger partial charge on any atom is -0.00772 e. The molecule has 1 unspecified atom stereocenters. The first-order chi connectivity index (χ1) is 9.12. The van der Waals surface area contributed by atoms with Gasteiger partial charge in [-0.3, -0.25) is 0 Å². The molecule has 0 bridgehead atoms. The van der Waals surface area contributed by atoms with Gasteiger partial charge in [-0.2, -0.15) is 0 Å². The Bertz CT molecular complexity index is 394. The van der Waals surface area contributed by atoms with Gasteiger partial charge in [0, 0.05) is 0 Å². The summed E-state index contributed by atoms with van der Waals surface area (Å²) in [5.41, 5.74) is 9.32. The first kappa shape index (κ1) is 14.6. The third kappa shape index (κ3) is 4.07. The Balaban J connectivity index is 2.10. The normalized spacial score (nSPS) is 22.4. The average Bonchev–Trinajstić information content (AvgIpc) is 2.38. The predicted molar refractivity (Wildman–Crippen MR) is 83.4 cm³/mol. The molecule has 1 aromatic carbocycles. The largest absolute Gasteiger partial charge is 0.330 e. The zero-order chi connectivity index (χ0) is 13.7. The molecule has 0 radical (unpaired) electrons. The van der Waals surface area contributed by atoms with Crippen LogP contribution in [0.3, 0.4) is 0 Å². The molecule has 0 amide bonds. The Morgan fingerprint density at radius 1 is 1.21 bits per heavy atom. The molecule has 1 aliphatic rings. The molecule has 106 valence electrons.